The smallest absolute Gasteiger partial charge is 0.340 e. The van der Waals surface area contributed by atoms with E-state index in [0.717, 1.165) is 49.7 Å². The van der Waals surface area contributed by atoms with Crippen molar-refractivity contribution >= 4 is 5.97 Å². The molecule has 3 aromatic rings. The number of nitrogens with zero attached hydrogens (tertiary/aromatic N) is 2. The van der Waals surface area contributed by atoms with Crippen LogP contribution in [0.4, 0.5) is 0 Å². The topological polar surface area (TPSA) is 61.3 Å². The van der Waals surface area contributed by atoms with Crippen LogP contribution < -0.4 is 4.74 Å². The van der Waals surface area contributed by atoms with Crippen LogP contribution in [0.5, 0.6) is 5.75 Å². The molecule has 1 aliphatic heterocycles. The SMILES string of the molecule is O=C(Oc1ccc(-c2ncc(CCCCc3ccccc3)cn2)cc1)C1CCCO1. The van der Waals surface area contributed by atoms with Gasteiger partial charge in [-0.25, -0.2) is 14.8 Å². The van der Waals surface area contributed by atoms with Crippen LogP contribution >= 0.6 is 0 Å². The predicted molar refractivity (Wildman–Crippen MR) is 115 cm³/mol. The molecule has 30 heavy (non-hydrogen) atoms. The Hall–Kier alpha value is -3.05. The van der Waals surface area contributed by atoms with Crippen LogP contribution in [0.15, 0.2) is 67.0 Å². The lowest BCUT2D eigenvalue weighted by atomic mass is 10.1. The third-order valence-electron chi connectivity index (χ3n) is 5.25. The molecule has 1 saturated heterocycles. The molecule has 0 saturated carbocycles. The number of carbonyl (C=O) groups excluding carboxylic acids is 1. The van der Waals surface area contributed by atoms with Crippen molar-refractivity contribution in [2.24, 2.45) is 0 Å². The van der Waals surface area contributed by atoms with Crippen molar-refractivity contribution in [2.45, 2.75) is 44.6 Å². The molecule has 1 atom stereocenters. The maximum atomic E-state index is 12.0. The van der Waals surface area contributed by atoms with E-state index in [4.69, 9.17) is 9.47 Å². The summed E-state index contributed by atoms with van der Waals surface area (Å²) in [4.78, 5) is 21.0. The van der Waals surface area contributed by atoms with Crippen LogP contribution in [0.3, 0.4) is 0 Å². The Morgan fingerprint density at radius 2 is 1.63 bits per heavy atom. The van der Waals surface area contributed by atoms with Crippen molar-refractivity contribution in [1.82, 2.24) is 9.97 Å². The number of benzene rings is 2. The summed E-state index contributed by atoms with van der Waals surface area (Å²) in [5.41, 5.74) is 3.42. The number of rotatable bonds is 8. The van der Waals surface area contributed by atoms with E-state index in [1.54, 1.807) is 12.1 Å². The molecule has 1 aliphatic rings. The number of hydrogen-bond acceptors (Lipinski definition) is 5. The normalized spacial score (nSPS) is 15.8. The van der Waals surface area contributed by atoms with Gasteiger partial charge in [0.2, 0.25) is 0 Å². The Morgan fingerprint density at radius 3 is 2.30 bits per heavy atom. The first-order chi connectivity index (χ1) is 14.8. The molecular weight excluding hydrogens is 376 g/mol. The van der Waals surface area contributed by atoms with Gasteiger partial charge in [-0.1, -0.05) is 30.3 Å². The number of ether oxygens (including phenoxy) is 2. The number of esters is 1. The molecule has 5 nitrogen and oxygen atoms in total. The van der Waals surface area contributed by atoms with Crippen molar-refractivity contribution < 1.29 is 14.3 Å². The molecule has 0 spiro atoms. The summed E-state index contributed by atoms with van der Waals surface area (Å²) >= 11 is 0. The predicted octanol–water partition coefficient (Wildman–Crippen LogP) is 4.79. The Morgan fingerprint density at radius 1 is 0.933 bits per heavy atom. The molecule has 0 aliphatic carbocycles. The minimum Gasteiger partial charge on any atom is -0.425 e. The second-order valence-corrected chi connectivity index (χ2v) is 7.55. The zero-order valence-electron chi connectivity index (χ0n) is 17.0. The Balaban J connectivity index is 1.26. The third kappa shape index (κ3) is 5.51. The van der Waals surface area contributed by atoms with E-state index in [9.17, 15) is 4.79 Å². The molecule has 1 fully saturated rings. The number of carbonyl (C=O) groups is 1. The quantitative estimate of drug-likeness (QED) is 0.308. The van der Waals surface area contributed by atoms with Crippen LogP contribution in [-0.2, 0) is 22.4 Å². The van der Waals surface area contributed by atoms with Crippen molar-refractivity contribution in [1.29, 1.82) is 0 Å². The monoisotopic (exact) mass is 402 g/mol. The van der Waals surface area contributed by atoms with Gasteiger partial charge < -0.3 is 9.47 Å². The van der Waals surface area contributed by atoms with E-state index < -0.39 is 6.10 Å². The van der Waals surface area contributed by atoms with Crippen molar-refractivity contribution in [3.8, 4) is 17.1 Å². The van der Waals surface area contributed by atoms with Gasteiger partial charge in [0.05, 0.1) is 0 Å². The lowest BCUT2D eigenvalue weighted by Crippen LogP contribution is -2.24. The third-order valence-corrected chi connectivity index (χ3v) is 5.25. The highest BCUT2D eigenvalue weighted by Crippen LogP contribution is 2.21. The molecule has 2 aromatic carbocycles. The largest absolute Gasteiger partial charge is 0.425 e. The molecule has 0 amide bonds. The maximum absolute atomic E-state index is 12.0. The van der Waals surface area contributed by atoms with Crippen LogP contribution in [0.2, 0.25) is 0 Å². The standard InChI is InChI=1S/C25H26N2O3/c28-25(23-11-6-16-29-23)30-22-14-12-21(13-15-22)24-26-17-20(18-27-24)10-5-4-9-19-7-2-1-3-8-19/h1-3,7-8,12-15,17-18,23H,4-6,9-11,16H2. The van der Waals surface area contributed by atoms with E-state index in [-0.39, 0.29) is 5.97 Å². The Kier molecular flexibility index (Phi) is 6.83. The molecule has 154 valence electrons. The first-order valence-electron chi connectivity index (χ1n) is 10.6. The van der Waals surface area contributed by atoms with Crippen LogP contribution in [0.1, 0.15) is 36.8 Å². The van der Waals surface area contributed by atoms with Gasteiger partial charge in [0.1, 0.15) is 5.75 Å². The fourth-order valence-corrected chi connectivity index (χ4v) is 3.55. The Labute approximate surface area is 177 Å². The zero-order valence-corrected chi connectivity index (χ0v) is 17.0. The van der Waals surface area contributed by atoms with Gasteiger partial charge in [-0.15, -0.1) is 0 Å². The molecule has 0 bridgehead atoms. The molecule has 0 radical (unpaired) electrons. The van der Waals surface area contributed by atoms with Crippen LogP contribution in [0, 0.1) is 0 Å². The van der Waals surface area contributed by atoms with E-state index >= 15 is 0 Å². The molecular formula is C25H26N2O3. The van der Waals surface area contributed by atoms with E-state index in [0.29, 0.717) is 18.2 Å². The minimum absolute atomic E-state index is 0.326. The lowest BCUT2D eigenvalue weighted by molar-refractivity contribution is -0.144. The van der Waals surface area contributed by atoms with Crippen molar-refractivity contribution in [3.05, 3.63) is 78.1 Å². The molecule has 2 heterocycles. The van der Waals surface area contributed by atoms with Crippen LogP contribution in [-0.4, -0.2) is 28.6 Å². The number of aryl methyl sites for hydroxylation is 2. The summed E-state index contributed by atoms with van der Waals surface area (Å²) in [6.07, 6.45) is 9.33. The Bertz CT molecular complexity index is 934. The van der Waals surface area contributed by atoms with Crippen molar-refractivity contribution in [2.75, 3.05) is 6.61 Å². The summed E-state index contributed by atoms with van der Waals surface area (Å²) in [6.45, 7) is 0.624. The molecule has 5 heteroatoms. The van der Waals surface area contributed by atoms with Gasteiger partial charge in [-0.3, -0.25) is 0 Å². The highest BCUT2D eigenvalue weighted by atomic mass is 16.6. The minimum atomic E-state index is -0.437. The van der Waals surface area contributed by atoms with Gasteiger partial charge in [0.25, 0.3) is 0 Å². The van der Waals surface area contributed by atoms with Gasteiger partial charge in [0, 0.05) is 24.6 Å². The molecule has 1 aromatic heterocycles. The highest BCUT2D eigenvalue weighted by Gasteiger charge is 2.25. The lowest BCUT2D eigenvalue weighted by Gasteiger charge is -2.09. The van der Waals surface area contributed by atoms with Gasteiger partial charge in [-0.05, 0) is 73.9 Å². The number of unbranched alkanes of at least 4 members (excludes halogenated alkanes) is 1. The van der Waals surface area contributed by atoms with Gasteiger partial charge >= 0.3 is 5.97 Å². The second-order valence-electron chi connectivity index (χ2n) is 7.55. The average Bonchev–Trinajstić information content (AvgIpc) is 3.34. The molecule has 1 unspecified atom stereocenters. The number of hydrogen-bond donors (Lipinski definition) is 0. The fourth-order valence-electron chi connectivity index (χ4n) is 3.55. The summed E-state index contributed by atoms with van der Waals surface area (Å²) in [6, 6.07) is 17.8. The van der Waals surface area contributed by atoms with E-state index in [1.807, 2.05) is 30.6 Å². The maximum Gasteiger partial charge on any atom is 0.340 e. The average molecular weight is 402 g/mol. The summed E-state index contributed by atoms with van der Waals surface area (Å²) in [5, 5.41) is 0. The first kappa shape index (κ1) is 20.2. The first-order valence-corrected chi connectivity index (χ1v) is 10.6. The molecule has 4 rings (SSSR count). The summed E-state index contributed by atoms with van der Waals surface area (Å²) in [7, 11) is 0. The van der Waals surface area contributed by atoms with E-state index in [1.165, 1.54) is 5.56 Å². The summed E-state index contributed by atoms with van der Waals surface area (Å²) < 4.78 is 10.7. The zero-order chi connectivity index (χ0) is 20.6. The van der Waals surface area contributed by atoms with Crippen LogP contribution in [0.25, 0.3) is 11.4 Å². The molecule has 0 N–H and O–H groups in total. The van der Waals surface area contributed by atoms with E-state index in [2.05, 4.69) is 34.2 Å². The van der Waals surface area contributed by atoms with Gasteiger partial charge in [-0.2, -0.15) is 0 Å². The summed E-state index contributed by atoms with van der Waals surface area (Å²) in [5.74, 6) is 0.849. The second kappa shape index (κ2) is 10.1. The highest BCUT2D eigenvalue weighted by molar-refractivity contribution is 5.77. The number of aromatic nitrogens is 2. The van der Waals surface area contributed by atoms with Gasteiger partial charge in [0.15, 0.2) is 11.9 Å². The fraction of sp³-hybridized carbons (Fsp3) is 0.320. The van der Waals surface area contributed by atoms with Crippen molar-refractivity contribution in [3.63, 3.8) is 0 Å².